The van der Waals surface area contributed by atoms with Gasteiger partial charge in [-0.2, -0.15) is 0 Å². The van der Waals surface area contributed by atoms with Crippen LogP contribution >= 0.6 is 0 Å². The molecular formula is C20H33NO4. The third-order valence-corrected chi connectivity index (χ3v) is 6.75. The smallest absolute Gasteiger partial charge is 0.0827 e. The Labute approximate surface area is 151 Å². The Kier molecular flexibility index (Phi) is 4.80. The first-order chi connectivity index (χ1) is 12.3. The lowest BCUT2D eigenvalue weighted by atomic mass is 9.79. The van der Waals surface area contributed by atoms with Gasteiger partial charge < -0.3 is 18.9 Å². The summed E-state index contributed by atoms with van der Waals surface area (Å²) in [6, 6.07) is 0.726. The van der Waals surface area contributed by atoms with E-state index in [1.54, 1.807) is 0 Å². The molecule has 25 heavy (non-hydrogen) atoms. The van der Waals surface area contributed by atoms with E-state index in [1.807, 2.05) is 0 Å². The van der Waals surface area contributed by atoms with Gasteiger partial charge in [0.15, 0.2) is 0 Å². The Morgan fingerprint density at radius 2 is 1.16 bits per heavy atom. The predicted octanol–water partition coefficient (Wildman–Crippen LogP) is 2.52. The standard InChI is InChI=1S/C20H33NO4/c1-2-4-15(5-3-1)21(7-6-16-11-22-16)20(8-17-12-23-17,9-18-13-24-18)10-19-14-25-19/h15-19H,1-14H2. The molecule has 4 saturated heterocycles. The van der Waals surface area contributed by atoms with E-state index in [-0.39, 0.29) is 5.54 Å². The number of rotatable bonds is 11. The van der Waals surface area contributed by atoms with E-state index in [0.717, 1.165) is 51.7 Å². The van der Waals surface area contributed by atoms with Crippen molar-refractivity contribution in [2.45, 2.75) is 93.8 Å². The van der Waals surface area contributed by atoms with Crippen molar-refractivity contribution in [1.82, 2.24) is 4.90 Å². The molecule has 1 aliphatic carbocycles. The zero-order chi connectivity index (χ0) is 16.7. The van der Waals surface area contributed by atoms with Gasteiger partial charge >= 0.3 is 0 Å². The molecule has 5 heteroatoms. The molecule has 0 amide bonds. The maximum atomic E-state index is 5.71. The summed E-state index contributed by atoms with van der Waals surface area (Å²) >= 11 is 0. The van der Waals surface area contributed by atoms with Crippen LogP contribution in [0.2, 0.25) is 0 Å². The largest absolute Gasteiger partial charge is 0.373 e. The molecule has 4 unspecified atom stereocenters. The molecule has 0 N–H and O–H groups in total. The van der Waals surface area contributed by atoms with Crippen LogP contribution in [0.1, 0.15) is 57.8 Å². The van der Waals surface area contributed by atoms with Crippen LogP contribution in [0.4, 0.5) is 0 Å². The first kappa shape index (κ1) is 16.9. The Hall–Kier alpha value is -0.200. The van der Waals surface area contributed by atoms with Gasteiger partial charge in [-0.3, -0.25) is 4.90 Å². The molecule has 4 heterocycles. The van der Waals surface area contributed by atoms with E-state index in [2.05, 4.69) is 4.90 Å². The van der Waals surface area contributed by atoms with Gasteiger partial charge in [0.25, 0.3) is 0 Å². The number of ether oxygens (including phenoxy) is 4. The van der Waals surface area contributed by atoms with Crippen molar-refractivity contribution < 1.29 is 18.9 Å². The van der Waals surface area contributed by atoms with Crippen molar-refractivity contribution in [1.29, 1.82) is 0 Å². The minimum atomic E-state index is 0.195. The second kappa shape index (κ2) is 7.08. The topological polar surface area (TPSA) is 53.4 Å². The van der Waals surface area contributed by atoms with Crippen molar-refractivity contribution in [3.05, 3.63) is 0 Å². The zero-order valence-corrected chi connectivity index (χ0v) is 15.4. The van der Waals surface area contributed by atoms with Gasteiger partial charge in [-0.25, -0.2) is 0 Å². The highest BCUT2D eigenvalue weighted by molar-refractivity contribution is 5.04. The molecule has 0 bridgehead atoms. The van der Waals surface area contributed by atoms with E-state index in [0.29, 0.717) is 24.4 Å². The van der Waals surface area contributed by atoms with Crippen LogP contribution in [-0.2, 0) is 18.9 Å². The molecule has 5 aliphatic rings. The minimum Gasteiger partial charge on any atom is -0.373 e. The van der Waals surface area contributed by atoms with Crippen LogP contribution in [0.5, 0.6) is 0 Å². The average molecular weight is 351 g/mol. The van der Waals surface area contributed by atoms with Crippen molar-refractivity contribution in [3.63, 3.8) is 0 Å². The summed E-state index contributed by atoms with van der Waals surface area (Å²) in [5.41, 5.74) is 0.195. The van der Waals surface area contributed by atoms with E-state index in [9.17, 15) is 0 Å². The normalized spacial score (nSPS) is 39.2. The maximum absolute atomic E-state index is 5.71. The molecule has 0 radical (unpaired) electrons. The van der Waals surface area contributed by atoms with Crippen LogP contribution < -0.4 is 0 Å². The second-order valence-corrected chi connectivity index (χ2v) is 8.93. The zero-order valence-electron chi connectivity index (χ0n) is 15.4. The summed E-state index contributed by atoms with van der Waals surface area (Å²) in [6.45, 7) is 4.98. The summed E-state index contributed by atoms with van der Waals surface area (Å²) in [5, 5.41) is 0. The van der Waals surface area contributed by atoms with Crippen molar-refractivity contribution >= 4 is 0 Å². The fourth-order valence-electron chi connectivity index (χ4n) is 5.15. The SMILES string of the molecule is C1CCC(N(CCC2CO2)C(CC2CO2)(CC2CO2)CC2CO2)CC1. The molecule has 0 aromatic rings. The molecule has 1 saturated carbocycles. The average Bonchev–Trinajstić information content (AvgIpc) is 3.45. The van der Waals surface area contributed by atoms with Gasteiger partial charge in [0.1, 0.15) is 0 Å². The highest BCUT2D eigenvalue weighted by Gasteiger charge is 2.50. The molecule has 0 aromatic carbocycles. The Morgan fingerprint density at radius 3 is 1.60 bits per heavy atom. The summed E-state index contributed by atoms with van der Waals surface area (Å²) < 4.78 is 22.7. The summed E-state index contributed by atoms with van der Waals surface area (Å²) in [7, 11) is 0. The molecule has 4 atom stereocenters. The molecule has 0 spiro atoms. The number of nitrogens with zero attached hydrogens (tertiary/aromatic N) is 1. The molecule has 4 aliphatic heterocycles. The van der Waals surface area contributed by atoms with Crippen LogP contribution in [-0.4, -0.2) is 73.9 Å². The van der Waals surface area contributed by atoms with Gasteiger partial charge in [0, 0.05) is 18.1 Å². The minimum absolute atomic E-state index is 0.195. The van der Waals surface area contributed by atoms with Crippen LogP contribution in [0.3, 0.4) is 0 Å². The Morgan fingerprint density at radius 1 is 0.680 bits per heavy atom. The molecular weight excluding hydrogens is 318 g/mol. The third-order valence-electron chi connectivity index (χ3n) is 6.75. The second-order valence-electron chi connectivity index (χ2n) is 8.93. The fourth-order valence-corrected chi connectivity index (χ4v) is 5.15. The lowest BCUT2D eigenvalue weighted by Crippen LogP contribution is -2.57. The monoisotopic (exact) mass is 351 g/mol. The maximum Gasteiger partial charge on any atom is 0.0827 e. The highest BCUT2D eigenvalue weighted by atomic mass is 16.6. The highest BCUT2D eigenvalue weighted by Crippen LogP contribution is 2.44. The predicted molar refractivity (Wildman–Crippen MR) is 93.7 cm³/mol. The van der Waals surface area contributed by atoms with Gasteiger partial charge in [0.2, 0.25) is 0 Å². The lowest BCUT2D eigenvalue weighted by Gasteiger charge is -2.49. The Bertz CT molecular complexity index is 415. The van der Waals surface area contributed by atoms with E-state index in [1.165, 1.54) is 45.1 Å². The van der Waals surface area contributed by atoms with Gasteiger partial charge in [0.05, 0.1) is 50.8 Å². The van der Waals surface area contributed by atoms with E-state index < -0.39 is 0 Å². The first-order valence-electron chi connectivity index (χ1n) is 10.5. The fraction of sp³-hybridized carbons (Fsp3) is 1.00. The molecule has 5 rings (SSSR count). The van der Waals surface area contributed by atoms with Gasteiger partial charge in [-0.1, -0.05) is 19.3 Å². The molecule has 5 fully saturated rings. The number of hydrogen-bond donors (Lipinski definition) is 0. The van der Waals surface area contributed by atoms with Crippen LogP contribution in [0.15, 0.2) is 0 Å². The summed E-state index contributed by atoms with van der Waals surface area (Å²) in [4.78, 5) is 2.90. The van der Waals surface area contributed by atoms with E-state index in [4.69, 9.17) is 18.9 Å². The first-order valence-corrected chi connectivity index (χ1v) is 10.5. The van der Waals surface area contributed by atoms with Crippen molar-refractivity contribution in [3.8, 4) is 0 Å². The quantitative estimate of drug-likeness (QED) is 0.536. The number of epoxide rings is 4. The van der Waals surface area contributed by atoms with Crippen LogP contribution in [0.25, 0.3) is 0 Å². The summed E-state index contributed by atoms with van der Waals surface area (Å²) in [5.74, 6) is 0. The third kappa shape index (κ3) is 4.56. The summed E-state index contributed by atoms with van der Waals surface area (Å²) in [6.07, 6.45) is 13.4. The van der Waals surface area contributed by atoms with Crippen molar-refractivity contribution in [2.75, 3.05) is 33.0 Å². The molecule has 0 aromatic heterocycles. The van der Waals surface area contributed by atoms with Crippen molar-refractivity contribution in [2.24, 2.45) is 0 Å². The molecule has 5 nitrogen and oxygen atoms in total. The van der Waals surface area contributed by atoms with Gasteiger partial charge in [-0.15, -0.1) is 0 Å². The lowest BCUT2D eigenvalue weighted by molar-refractivity contribution is -0.00982. The van der Waals surface area contributed by atoms with E-state index >= 15 is 0 Å². The molecule has 142 valence electrons. The van der Waals surface area contributed by atoms with Gasteiger partial charge in [-0.05, 0) is 38.5 Å². The Balaban J connectivity index is 1.39. The van der Waals surface area contributed by atoms with Crippen LogP contribution in [0, 0.1) is 0 Å². The number of hydrogen-bond acceptors (Lipinski definition) is 5.